The number of amides is 1. The molecule has 0 N–H and O–H groups in total. The summed E-state index contributed by atoms with van der Waals surface area (Å²) in [5.74, 6) is 2.16. The Morgan fingerprint density at radius 2 is 1.86 bits per heavy atom. The molecule has 108 valence electrons. The van der Waals surface area contributed by atoms with Gasteiger partial charge in [-0.3, -0.25) is 4.79 Å². The van der Waals surface area contributed by atoms with Gasteiger partial charge in [0.15, 0.2) is 0 Å². The third kappa shape index (κ3) is 3.24. The second-order valence-electron chi connectivity index (χ2n) is 5.59. The first-order valence-electron chi connectivity index (χ1n) is 7.34. The second kappa shape index (κ2) is 6.00. The van der Waals surface area contributed by atoms with Gasteiger partial charge in [0, 0.05) is 18.7 Å². The molecule has 1 saturated heterocycles. The van der Waals surface area contributed by atoms with Crippen molar-refractivity contribution in [1.29, 1.82) is 0 Å². The molecule has 2 aromatic rings. The van der Waals surface area contributed by atoms with Crippen LogP contribution in [0, 0.1) is 5.92 Å². The van der Waals surface area contributed by atoms with Crippen LogP contribution in [0.4, 0.5) is 0 Å². The van der Waals surface area contributed by atoms with Crippen molar-refractivity contribution < 1.29 is 9.53 Å². The van der Waals surface area contributed by atoms with E-state index in [1.54, 1.807) is 0 Å². The fourth-order valence-corrected chi connectivity index (χ4v) is 2.62. The number of para-hydroxylation sites is 1. The van der Waals surface area contributed by atoms with Crippen LogP contribution in [-0.4, -0.2) is 23.9 Å². The highest BCUT2D eigenvalue weighted by atomic mass is 16.5. The Hall–Kier alpha value is -2.29. The topological polar surface area (TPSA) is 29.5 Å². The van der Waals surface area contributed by atoms with Gasteiger partial charge in [0.05, 0.1) is 0 Å². The Labute approximate surface area is 125 Å². The third-order valence-electron chi connectivity index (χ3n) is 3.77. The molecule has 3 rings (SSSR count). The zero-order valence-corrected chi connectivity index (χ0v) is 12.2. The summed E-state index contributed by atoms with van der Waals surface area (Å²) in [6, 6.07) is 17.0. The largest absolute Gasteiger partial charge is 0.457 e. The number of carbonyl (C=O) groups is 1. The van der Waals surface area contributed by atoms with Gasteiger partial charge in [-0.15, -0.1) is 0 Å². The van der Waals surface area contributed by atoms with Crippen molar-refractivity contribution in [2.75, 3.05) is 13.1 Å². The van der Waals surface area contributed by atoms with Crippen LogP contribution in [0.5, 0.6) is 11.5 Å². The third-order valence-corrected chi connectivity index (χ3v) is 3.77. The van der Waals surface area contributed by atoms with Gasteiger partial charge in [-0.25, -0.2) is 0 Å². The van der Waals surface area contributed by atoms with Gasteiger partial charge >= 0.3 is 0 Å². The zero-order chi connectivity index (χ0) is 14.7. The fraction of sp³-hybridized carbons (Fsp3) is 0.278. The monoisotopic (exact) mass is 281 g/mol. The number of hydrogen-bond acceptors (Lipinski definition) is 2. The first-order chi connectivity index (χ1) is 10.2. The van der Waals surface area contributed by atoms with Crippen molar-refractivity contribution in [3.63, 3.8) is 0 Å². The van der Waals surface area contributed by atoms with Crippen molar-refractivity contribution in [2.24, 2.45) is 5.92 Å². The summed E-state index contributed by atoms with van der Waals surface area (Å²) in [6.07, 6.45) is 1.09. The van der Waals surface area contributed by atoms with Crippen molar-refractivity contribution in [2.45, 2.75) is 13.3 Å². The van der Waals surface area contributed by atoms with E-state index in [1.807, 2.05) is 59.5 Å². The zero-order valence-electron chi connectivity index (χ0n) is 12.2. The number of likely N-dealkylation sites (tertiary alicyclic amines) is 1. The summed E-state index contributed by atoms with van der Waals surface area (Å²) < 4.78 is 5.78. The maximum atomic E-state index is 12.5. The van der Waals surface area contributed by atoms with E-state index in [0.29, 0.717) is 17.2 Å². The van der Waals surface area contributed by atoms with Crippen LogP contribution in [0.3, 0.4) is 0 Å². The second-order valence-corrected chi connectivity index (χ2v) is 5.59. The highest BCUT2D eigenvalue weighted by Gasteiger charge is 2.24. The van der Waals surface area contributed by atoms with E-state index in [4.69, 9.17) is 4.74 Å². The minimum absolute atomic E-state index is 0.0952. The molecule has 1 amide bonds. The van der Waals surface area contributed by atoms with E-state index >= 15 is 0 Å². The van der Waals surface area contributed by atoms with Gasteiger partial charge in [0.2, 0.25) is 0 Å². The van der Waals surface area contributed by atoms with Crippen molar-refractivity contribution in [3.05, 3.63) is 60.2 Å². The molecule has 1 unspecified atom stereocenters. The molecule has 0 aromatic heterocycles. The molecule has 0 spiro atoms. The fourth-order valence-electron chi connectivity index (χ4n) is 2.62. The smallest absolute Gasteiger partial charge is 0.253 e. The summed E-state index contributed by atoms with van der Waals surface area (Å²) in [7, 11) is 0. The molecule has 1 aliphatic rings. The summed E-state index contributed by atoms with van der Waals surface area (Å²) in [6.45, 7) is 3.88. The number of rotatable bonds is 3. The van der Waals surface area contributed by atoms with Crippen LogP contribution in [-0.2, 0) is 0 Å². The summed E-state index contributed by atoms with van der Waals surface area (Å²) >= 11 is 0. The van der Waals surface area contributed by atoms with Gasteiger partial charge < -0.3 is 9.64 Å². The van der Waals surface area contributed by atoms with Crippen LogP contribution in [0.25, 0.3) is 0 Å². The number of ether oxygens (including phenoxy) is 1. The van der Waals surface area contributed by atoms with E-state index in [1.165, 1.54) is 0 Å². The summed E-state index contributed by atoms with van der Waals surface area (Å²) in [5, 5.41) is 0. The quantitative estimate of drug-likeness (QED) is 0.852. The molecule has 3 heteroatoms. The Kier molecular flexibility index (Phi) is 3.91. The van der Waals surface area contributed by atoms with Crippen LogP contribution in [0.15, 0.2) is 54.6 Å². The molecule has 1 heterocycles. The van der Waals surface area contributed by atoms with Crippen molar-refractivity contribution in [3.8, 4) is 11.5 Å². The molecule has 2 aromatic carbocycles. The van der Waals surface area contributed by atoms with Gasteiger partial charge in [0.25, 0.3) is 5.91 Å². The Balaban J connectivity index is 1.75. The normalized spacial score (nSPS) is 17.8. The molecular formula is C18H19NO2. The maximum absolute atomic E-state index is 12.5. The number of carbonyl (C=O) groups excluding carboxylic acids is 1. The van der Waals surface area contributed by atoms with E-state index in [-0.39, 0.29) is 5.91 Å². The lowest BCUT2D eigenvalue weighted by atomic mass is 10.1. The minimum atomic E-state index is 0.0952. The lowest BCUT2D eigenvalue weighted by Gasteiger charge is -2.16. The van der Waals surface area contributed by atoms with Gasteiger partial charge in [-0.2, -0.15) is 0 Å². The molecule has 1 aliphatic heterocycles. The van der Waals surface area contributed by atoms with Crippen molar-refractivity contribution >= 4 is 5.91 Å². The predicted molar refractivity (Wildman–Crippen MR) is 82.6 cm³/mol. The Morgan fingerprint density at radius 3 is 2.57 bits per heavy atom. The number of nitrogens with zero attached hydrogens (tertiary/aromatic N) is 1. The summed E-state index contributed by atoms with van der Waals surface area (Å²) in [4.78, 5) is 14.4. The average molecular weight is 281 g/mol. The molecule has 0 aliphatic carbocycles. The highest BCUT2D eigenvalue weighted by Crippen LogP contribution is 2.24. The van der Waals surface area contributed by atoms with E-state index in [0.717, 1.165) is 25.3 Å². The first-order valence-corrected chi connectivity index (χ1v) is 7.34. The molecule has 1 fully saturated rings. The standard InChI is InChI=1S/C18H19NO2/c1-14-10-11-19(13-14)18(20)15-6-5-9-17(12-15)21-16-7-3-2-4-8-16/h2-9,12,14H,10-11,13H2,1H3. The van der Waals surface area contributed by atoms with Crippen LogP contribution >= 0.6 is 0 Å². The number of hydrogen-bond donors (Lipinski definition) is 0. The lowest BCUT2D eigenvalue weighted by molar-refractivity contribution is 0.0788. The average Bonchev–Trinajstić information content (AvgIpc) is 2.94. The minimum Gasteiger partial charge on any atom is -0.457 e. The number of benzene rings is 2. The van der Waals surface area contributed by atoms with Crippen LogP contribution in [0.2, 0.25) is 0 Å². The van der Waals surface area contributed by atoms with E-state index < -0.39 is 0 Å². The predicted octanol–water partition coefficient (Wildman–Crippen LogP) is 3.96. The molecule has 0 radical (unpaired) electrons. The molecule has 0 bridgehead atoms. The SMILES string of the molecule is CC1CCN(C(=O)c2cccc(Oc3ccccc3)c2)C1. The van der Waals surface area contributed by atoms with Gasteiger partial charge in [0.1, 0.15) is 11.5 Å². The first kappa shape index (κ1) is 13.7. The Bertz CT molecular complexity index is 624. The van der Waals surface area contributed by atoms with Gasteiger partial charge in [-0.05, 0) is 42.7 Å². The van der Waals surface area contributed by atoms with Crippen LogP contribution in [0.1, 0.15) is 23.7 Å². The Morgan fingerprint density at radius 1 is 1.10 bits per heavy atom. The van der Waals surface area contributed by atoms with Crippen LogP contribution < -0.4 is 4.74 Å². The molecule has 21 heavy (non-hydrogen) atoms. The van der Waals surface area contributed by atoms with E-state index in [2.05, 4.69) is 6.92 Å². The molecule has 3 nitrogen and oxygen atoms in total. The summed E-state index contributed by atoms with van der Waals surface area (Å²) in [5.41, 5.74) is 0.692. The van der Waals surface area contributed by atoms with E-state index in [9.17, 15) is 4.79 Å². The molecule has 0 saturated carbocycles. The van der Waals surface area contributed by atoms with Crippen molar-refractivity contribution in [1.82, 2.24) is 4.90 Å². The highest BCUT2D eigenvalue weighted by molar-refractivity contribution is 5.94. The molecular weight excluding hydrogens is 262 g/mol. The van der Waals surface area contributed by atoms with Gasteiger partial charge in [-0.1, -0.05) is 31.2 Å². The molecule has 1 atom stereocenters. The lowest BCUT2D eigenvalue weighted by Crippen LogP contribution is -2.28. The maximum Gasteiger partial charge on any atom is 0.253 e.